The van der Waals surface area contributed by atoms with Gasteiger partial charge in [-0.15, -0.1) is 0 Å². The zero-order valence-electron chi connectivity index (χ0n) is 12.0. The number of sulfonamides is 1. The fourth-order valence-electron chi connectivity index (χ4n) is 2.06. The van der Waals surface area contributed by atoms with E-state index in [-0.39, 0.29) is 23.5 Å². The van der Waals surface area contributed by atoms with E-state index >= 15 is 0 Å². The van der Waals surface area contributed by atoms with E-state index in [2.05, 4.69) is 4.72 Å². The first-order valence-electron chi connectivity index (χ1n) is 6.68. The van der Waals surface area contributed by atoms with Crippen molar-refractivity contribution in [2.45, 2.75) is 24.2 Å². The highest BCUT2D eigenvalue weighted by atomic mass is 32.2. The maximum absolute atomic E-state index is 12.8. The highest BCUT2D eigenvalue weighted by molar-refractivity contribution is 7.89. The summed E-state index contributed by atoms with van der Waals surface area (Å²) >= 11 is 0. The molecular formula is C15H15F3N2O2S. The molecule has 23 heavy (non-hydrogen) atoms. The number of nitrogens with two attached hydrogens (primary N) is 1. The van der Waals surface area contributed by atoms with Gasteiger partial charge in [0.2, 0.25) is 10.0 Å². The number of alkyl halides is 3. The molecule has 0 saturated carbocycles. The Labute approximate surface area is 132 Å². The SMILES string of the molecule is NCc1cc(CNS(=O)(=O)c2ccccc2)ccc1C(F)(F)F. The minimum absolute atomic E-state index is 0.0751. The Balaban J connectivity index is 2.19. The van der Waals surface area contributed by atoms with Crippen LogP contribution in [0, 0.1) is 0 Å². The number of nitrogens with one attached hydrogen (secondary N) is 1. The Morgan fingerprint density at radius 2 is 1.70 bits per heavy atom. The molecule has 2 rings (SSSR count). The lowest BCUT2D eigenvalue weighted by Gasteiger charge is -2.13. The van der Waals surface area contributed by atoms with E-state index in [1.54, 1.807) is 18.2 Å². The molecule has 0 radical (unpaired) electrons. The second-order valence-electron chi connectivity index (χ2n) is 4.83. The standard InChI is InChI=1S/C15H15F3N2O2S/c16-15(17,18)14-7-6-11(8-12(14)9-19)10-20-23(21,22)13-4-2-1-3-5-13/h1-8,20H,9-10,19H2. The van der Waals surface area contributed by atoms with E-state index in [0.717, 1.165) is 6.07 Å². The van der Waals surface area contributed by atoms with Gasteiger partial charge in [-0.2, -0.15) is 13.2 Å². The second-order valence-corrected chi connectivity index (χ2v) is 6.60. The molecule has 4 nitrogen and oxygen atoms in total. The Morgan fingerprint density at radius 1 is 1.04 bits per heavy atom. The summed E-state index contributed by atoms with van der Waals surface area (Å²) in [5.41, 5.74) is 4.87. The quantitative estimate of drug-likeness (QED) is 0.876. The molecule has 0 aliphatic heterocycles. The minimum Gasteiger partial charge on any atom is -0.326 e. The van der Waals surface area contributed by atoms with Crippen molar-refractivity contribution in [2.24, 2.45) is 5.73 Å². The van der Waals surface area contributed by atoms with E-state index in [4.69, 9.17) is 5.73 Å². The molecule has 0 amide bonds. The monoisotopic (exact) mass is 344 g/mol. The summed E-state index contributed by atoms with van der Waals surface area (Å²) in [4.78, 5) is 0.0889. The summed E-state index contributed by atoms with van der Waals surface area (Å²) in [7, 11) is -3.72. The van der Waals surface area contributed by atoms with Crippen molar-refractivity contribution in [3.8, 4) is 0 Å². The van der Waals surface area contributed by atoms with Crippen molar-refractivity contribution < 1.29 is 21.6 Å². The van der Waals surface area contributed by atoms with Crippen LogP contribution >= 0.6 is 0 Å². The third kappa shape index (κ3) is 4.31. The molecule has 0 bridgehead atoms. The van der Waals surface area contributed by atoms with Gasteiger partial charge in [-0.25, -0.2) is 13.1 Å². The lowest BCUT2D eigenvalue weighted by Crippen LogP contribution is -2.23. The predicted octanol–water partition coefficient (Wildman–Crippen LogP) is 2.64. The second kappa shape index (κ2) is 6.69. The molecule has 3 N–H and O–H groups in total. The van der Waals surface area contributed by atoms with Crippen LogP contribution in [0.15, 0.2) is 53.4 Å². The molecule has 124 valence electrons. The molecule has 2 aromatic carbocycles. The van der Waals surface area contributed by atoms with Gasteiger partial charge in [-0.3, -0.25) is 0 Å². The Kier molecular flexibility index (Phi) is 5.08. The highest BCUT2D eigenvalue weighted by Gasteiger charge is 2.32. The molecule has 0 heterocycles. The smallest absolute Gasteiger partial charge is 0.326 e. The molecule has 0 aromatic heterocycles. The van der Waals surface area contributed by atoms with E-state index in [9.17, 15) is 21.6 Å². The Bertz CT molecular complexity index is 775. The first-order valence-corrected chi connectivity index (χ1v) is 8.16. The fourth-order valence-corrected chi connectivity index (χ4v) is 3.10. The average molecular weight is 344 g/mol. The van der Waals surface area contributed by atoms with Crippen LogP contribution in [0.4, 0.5) is 13.2 Å². The van der Waals surface area contributed by atoms with Crippen LogP contribution in [0.2, 0.25) is 0 Å². The molecule has 0 fully saturated rings. The van der Waals surface area contributed by atoms with Gasteiger partial charge in [0, 0.05) is 13.1 Å². The molecule has 0 spiro atoms. The van der Waals surface area contributed by atoms with Crippen LogP contribution in [0.3, 0.4) is 0 Å². The van der Waals surface area contributed by atoms with Gasteiger partial charge in [0.15, 0.2) is 0 Å². The fraction of sp³-hybridized carbons (Fsp3) is 0.200. The van der Waals surface area contributed by atoms with Gasteiger partial charge in [0.1, 0.15) is 0 Å². The zero-order chi connectivity index (χ0) is 17.1. The van der Waals surface area contributed by atoms with Crippen LogP contribution in [-0.2, 0) is 29.3 Å². The van der Waals surface area contributed by atoms with Crippen LogP contribution in [0.5, 0.6) is 0 Å². The summed E-state index contributed by atoms with van der Waals surface area (Å²) in [6.07, 6.45) is -4.49. The zero-order valence-corrected chi connectivity index (χ0v) is 12.8. The predicted molar refractivity (Wildman–Crippen MR) is 79.8 cm³/mol. The summed E-state index contributed by atoms with van der Waals surface area (Å²) < 4.78 is 64.9. The molecule has 0 atom stereocenters. The number of hydrogen-bond acceptors (Lipinski definition) is 3. The van der Waals surface area contributed by atoms with E-state index in [1.807, 2.05) is 0 Å². The lowest BCUT2D eigenvalue weighted by molar-refractivity contribution is -0.138. The molecule has 0 saturated heterocycles. The average Bonchev–Trinajstić information content (AvgIpc) is 2.52. The van der Waals surface area contributed by atoms with Crippen molar-refractivity contribution in [3.63, 3.8) is 0 Å². The number of rotatable bonds is 5. The van der Waals surface area contributed by atoms with E-state index in [1.165, 1.54) is 24.3 Å². The van der Waals surface area contributed by atoms with Crippen LogP contribution in [0.1, 0.15) is 16.7 Å². The first-order chi connectivity index (χ1) is 10.7. The van der Waals surface area contributed by atoms with E-state index in [0.29, 0.717) is 5.56 Å². The van der Waals surface area contributed by atoms with Gasteiger partial charge in [0.05, 0.1) is 10.5 Å². The van der Waals surface area contributed by atoms with Crippen molar-refractivity contribution in [1.29, 1.82) is 0 Å². The molecule has 0 aliphatic carbocycles. The summed E-state index contributed by atoms with van der Waals surface area (Å²) in [6, 6.07) is 11.1. The molecule has 2 aromatic rings. The van der Waals surface area contributed by atoms with Gasteiger partial charge in [-0.1, -0.05) is 30.3 Å². The van der Waals surface area contributed by atoms with Crippen molar-refractivity contribution >= 4 is 10.0 Å². The van der Waals surface area contributed by atoms with Gasteiger partial charge >= 0.3 is 6.18 Å². The number of hydrogen-bond donors (Lipinski definition) is 2. The first kappa shape index (κ1) is 17.5. The Morgan fingerprint density at radius 3 is 2.26 bits per heavy atom. The number of benzene rings is 2. The van der Waals surface area contributed by atoms with Crippen molar-refractivity contribution in [1.82, 2.24) is 4.72 Å². The normalized spacial score (nSPS) is 12.3. The van der Waals surface area contributed by atoms with Crippen molar-refractivity contribution in [3.05, 3.63) is 65.2 Å². The van der Waals surface area contributed by atoms with Gasteiger partial charge in [0.25, 0.3) is 0 Å². The maximum Gasteiger partial charge on any atom is 0.416 e. The minimum atomic E-state index is -4.49. The lowest BCUT2D eigenvalue weighted by atomic mass is 10.0. The van der Waals surface area contributed by atoms with Crippen LogP contribution in [-0.4, -0.2) is 8.42 Å². The van der Waals surface area contributed by atoms with Gasteiger partial charge < -0.3 is 5.73 Å². The molecule has 0 aliphatic rings. The molecule has 8 heteroatoms. The maximum atomic E-state index is 12.8. The molecule has 0 unspecified atom stereocenters. The third-order valence-corrected chi connectivity index (χ3v) is 4.63. The summed E-state index contributed by atoms with van der Waals surface area (Å²) in [5, 5.41) is 0. The summed E-state index contributed by atoms with van der Waals surface area (Å²) in [5.74, 6) is 0. The summed E-state index contributed by atoms with van der Waals surface area (Å²) in [6.45, 7) is -0.406. The van der Waals surface area contributed by atoms with E-state index < -0.39 is 21.8 Å². The molecular weight excluding hydrogens is 329 g/mol. The van der Waals surface area contributed by atoms with Gasteiger partial charge in [-0.05, 0) is 29.3 Å². The third-order valence-electron chi connectivity index (χ3n) is 3.21. The Hall–Kier alpha value is -1.90. The number of halogens is 3. The van der Waals surface area contributed by atoms with Crippen LogP contribution < -0.4 is 10.5 Å². The highest BCUT2D eigenvalue weighted by Crippen LogP contribution is 2.32. The largest absolute Gasteiger partial charge is 0.416 e. The topological polar surface area (TPSA) is 72.2 Å². The van der Waals surface area contributed by atoms with Crippen molar-refractivity contribution in [2.75, 3.05) is 0 Å². The van der Waals surface area contributed by atoms with Crippen LogP contribution in [0.25, 0.3) is 0 Å².